The van der Waals surface area contributed by atoms with E-state index in [0.717, 1.165) is 38.5 Å². The molecular formula is C15H20N4S. The molecule has 3 heterocycles. The van der Waals surface area contributed by atoms with E-state index in [-0.39, 0.29) is 0 Å². The molecule has 0 bridgehead atoms. The first-order valence-electron chi connectivity index (χ1n) is 7.53. The van der Waals surface area contributed by atoms with Crippen LogP contribution in [0.2, 0.25) is 0 Å². The summed E-state index contributed by atoms with van der Waals surface area (Å²) in [6.07, 6.45) is 6.91. The Hall–Kier alpha value is -1.20. The second-order valence-corrected chi connectivity index (χ2v) is 6.77. The first-order valence-corrected chi connectivity index (χ1v) is 8.41. The monoisotopic (exact) mass is 288 g/mol. The van der Waals surface area contributed by atoms with Crippen molar-refractivity contribution >= 4 is 11.3 Å². The zero-order chi connectivity index (χ0) is 13.5. The number of nitrogens with zero attached hydrogens (tertiary/aromatic N) is 4. The van der Waals surface area contributed by atoms with Gasteiger partial charge in [0.2, 0.25) is 0 Å². The molecule has 2 aromatic heterocycles. The minimum atomic E-state index is 0.753. The Morgan fingerprint density at radius 2 is 2.30 bits per heavy atom. The molecule has 106 valence electrons. The van der Waals surface area contributed by atoms with Crippen LogP contribution in [0.4, 0.5) is 0 Å². The lowest BCUT2D eigenvalue weighted by molar-refractivity contribution is 0.237. The summed E-state index contributed by atoms with van der Waals surface area (Å²) in [5.41, 5.74) is 3.99. The lowest BCUT2D eigenvalue weighted by atomic mass is 10.1. The van der Waals surface area contributed by atoms with Gasteiger partial charge in [-0.15, -0.1) is 11.3 Å². The van der Waals surface area contributed by atoms with Crippen LogP contribution in [0, 0.1) is 0 Å². The van der Waals surface area contributed by atoms with Crippen LogP contribution in [0.25, 0.3) is 0 Å². The van der Waals surface area contributed by atoms with Gasteiger partial charge in [-0.1, -0.05) is 6.92 Å². The molecule has 1 aliphatic heterocycles. The number of aromatic nitrogens is 3. The molecule has 0 saturated heterocycles. The molecule has 0 unspecified atom stereocenters. The lowest BCUT2D eigenvalue weighted by Crippen LogP contribution is -2.31. The maximum absolute atomic E-state index is 4.67. The molecule has 2 aromatic rings. The number of thiazole rings is 1. The van der Waals surface area contributed by atoms with Crippen LogP contribution in [0.15, 0.2) is 11.7 Å². The summed E-state index contributed by atoms with van der Waals surface area (Å²) in [7, 11) is 0. The summed E-state index contributed by atoms with van der Waals surface area (Å²) >= 11 is 1.78. The van der Waals surface area contributed by atoms with E-state index >= 15 is 0 Å². The second-order valence-electron chi connectivity index (χ2n) is 5.82. The SMILES string of the molecule is CCc1nc(CN2CCc3c(ncn3C3CC3)C2)cs1. The first kappa shape index (κ1) is 12.5. The maximum atomic E-state index is 4.67. The molecule has 0 N–H and O–H groups in total. The molecule has 4 rings (SSSR count). The Morgan fingerprint density at radius 3 is 3.05 bits per heavy atom. The summed E-state index contributed by atoms with van der Waals surface area (Å²) in [6.45, 7) is 5.24. The van der Waals surface area contributed by atoms with Crippen molar-refractivity contribution in [3.63, 3.8) is 0 Å². The van der Waals surface area contributed by atoms with Crippen molar-refractivity contribution in [2.24, 2.45) is 0 Å². The third-order valence-electron chi connectivity index (χ3n) is 4.25. The van der Waals surface area contributed by atoms with Crippen molar-refractivity contribution < 1.29 is 0 Å². The maximum Gasteiger partial charge on any atom is 0.0954 e. The quantitative estimate of drug-likeness (QED) is 0.867. The number of fused-ring (bicyclic) bond motifs is 1. The van der Waals surface area contributed by atoms with E-state index in [9.17, 15) is 0 Å². The Morgan fingerprint density at radius 1 is 1.40 bits per heavy atom. The van der Waals surface area contributed by atoms with Gasteiger partial charge in [-0.05, 0) is 19.3 Å². The summed E-state index contributed by atoms with van der Waals surface area (Å²) in [6, 6.07) is 0.753. The number of rotatable bonds is 4. The molecule has 1 aliphatic carbocycles. The summed E-state index contributed by atoms with van der Waals surface area (Å²) in [5, 5.41) is 3.45. The second kappa shape index (κ2) is 4.97. The van der Waals surface area contributed by atoms with E-state index in [1.807, 2.05) is 0 Å². The summed E-state index contributed by atoms with van der Waals surface area (Å²) in [5.74, 6) is 0. The molecule has 5 heteroatoms. The third kappa shape index (κ3) is 2.29. The number of aryl methyl sites for hydroxylation is 1. The third-order valence-corrected chi connectivity index (χ3v) is 5.29. The van der Waals surface area contributed by atoms with E-state index in [1.165, 1.54) is 34.9 Å². The average molecular weight is 288 g/mol. The fraction of sp³-hybridized carbons (Fsp3) is 0.600. The highest BCUT2D eigenvalue weighted by molar-refractivity contribution is 7.09. The zero-order valence-corrected chi connectivity index (χ0v) is 12.7. The Labute approximate surface area is 123 Å². The van der Waals surface area contributed by atoms with Gasteiger partial charge in [-0.2, -0.15) is 0 Å². The topological polar surface area (TPSA) is 34.0 Å². The van der Waals surface area contributed by atoms with Gasteiger partial charge < -0.3 is 4.57 Å². The fourth-order valence-electron chi connectivity index (χ4n) is 3.00. The molecule has 0 radical (unpaired) electrons. The molecule has 1 fully saturated rings. The van der Waals surface area contributed by atoms with Crippen LogP contribution in [-0.4, -0.2) is 26.0 Å². The van der Waals surface area contributed by atoms with Gasteiger partial charge in [-0.25, -0.2) is 9.97 Å². The van der Waals surface area contributed by atoms with Gasteiger partial charge in [0.1, 0.15) is 0 Å². The Kier molecular flexibility index (Phi) is 3.11. The van der Waals surface area contributed by atoms with Crippen LogP contribution >= 0.6 is 11.3 Å². The first-order chi connectivity index (χ1) is 9.83. The minimum Gasteiger partial charge on any atom is -0.331 e. The molecule has 0 aromatic carbocycles. The van der Waals surface area contributed by atoms with Gasteiger partial charge in [-0.3, -0.25) is 4.90 Å². The smallest absolute Gasteiger partial charge is 0.0954 e. The molecular weight excluding hydrogens is 268 g/mol. The van der Waals surface area contributed by atoms with Gasteiger partial charge in [0.05, 0.1) is 22.7 Å². The lowest BCUT2D eigenvalue weighted by Gasteiger charge is -2.26. The van der Waals surface area contributed by atoms with Crippen LogP contribution < -0.4 is 0 Å². The van der Waals surface area contributed by atoms with Crippen LogP contribution in [0.5, 0.6) is 0 Å². The van der Waals surface area contributed by atoms with Crippen LogP contribution in [-0.2, 0) is 25.9 Å². The van der Waals surface area contributed by atoms with Crippen LogP contribution in [0.3, 0.4) is 0 Å². The van der Waals surface area contributed by atoms with Crippen molar-refractivity contribution in [3.8, 4) is 0 Å². The number of hydrogen-bond donors (Lipinski definition) is 0. The van der Waals surface area contributed by atoms with Crippen LogP contribution in [0.1, 0.15) is 47.9 Å². The summed E-state index contributed by atoms with van der Waals surface area (Å²) in [4.78, 5) is 11.8. The average Bonchev–Trinajstić information content (AvgIpc) is 3.07. The van der Waals surface area contributed by atoms with E-state index in [4.69, 9.17) is 0 Å². The Bertz CT molecular complexity index is 611. The fourth-order valence-corrected chi connectivity index (χ4v) is 3.74. The molecule has 1 saturated carbocycles. The van der Waals surface area contributed by atoms with Gasteiger partial charge in [0, 0.05) is 43.2 Å². The van der Waals surface area contributed by atoms with Crippen molar-refractivity contribution in [2.45, 2.75) is 51.7 Å². The standard InChI is InChI=1S/C15H20N4S/c1-2-15-17-11(9-20-15)7-18-6-5-14-13(8-18)16-10-19(14)12-3-4-12/h9-10,12H,2-8H2,1H3. The molecule has 0 spiro atoms. The van der Waals surface area contributed by atoms with E-state index < -0.39 is 0 Å². The van der Waals surface area contributed by atoms with E-state index in [0.29, 0.717) is 0 Å². The highest BCUT2D eigenvalue weighted by atomic mass is 32.1. The van der Waals surface area contributed by atoms with Gasteiger partial charge in [0.25, 0.3) is 0 Å². The molecule has 4 nitrogen and oxygen atoms in total. The zero-order valence-electron chi connectivity index (χ0n) is 11.9. The van der Waals surface area contributed by atoms with Crippen molar-refractivity contribution in [1.82, 2.24) is 19.4 Å². The number of hydrogen-bond acceptors (Lipinski definition) is 4. The van der Waals surface area contributed by atoms with E-state index in [1.54, 1.807) is 11.3 Å². The van der Waals surface area contributed by atoms with Crippen molar-refractivity contribution in [2.75, 3.05) is 6.54 Å². The number of imidazole rings is 1. The normalized spacial score (nSPS) is 19.2. The highest BCUT2D eigenvalue weighted by Gasteiger charge is 2.29. The molecule has 20 heavy (non-hydrogen) atoms. The largest absolute Gasteiger partial charge is 0.331 e. The molecule has 0 amide bonds. The minimum absolute atomic E-state index is 0.753. The Balaban J connectivity index is 1.46. The van der Waals surface area contributed by atoms with Gasteiger partial charge in [0.15, 0.2) is 0 Å². The summed E-state index contributed by atoms with van der Waals surface area (Å²) < 4.78 is 2.42. The molecule has 2 aliphatic rings. The predicted molar refractivity (Wildman–Crippen MR) is 79.8 cm³/mol. The van der Waals surface area contributed by atoms with Crippen molar-refractivity contribution in [3.05, 3.63) is 33.8 Å². The predicted octanol–water partition coefficient (Wildman–Crippen LogP) is 2.80. The highest BCUT2D eigenvalue weighted by Crippen LogP contribution is 2.37. The van der Waals surface area contributed by atoms with Crippen molar-refractivity contribution in [1.29, 1.82) is 0 Å². The van der Waals surface area contributed by atoms with Gasteiger partial charge >= 0.3 is 0 Å². The van der Waals surface area contributed by atoms with E-state index in [2.05, 4.69) is 38.1 Å². The molecule has 0 atom stereocenters.